The Labute approximate surface area is 159 Å². The molecule has 0 amide bonds. The van der Waals surface area contributed by atoms with Gasteiger partial charge in [-0.05, 0) is 66.8 Å². The summed E-state index contributed by atoms with van der Waals surface area (Å²) in [6.45, 7) is 0. The first-order valence-corrected chi connectivity index (χ1v) is 11.4. The van der Waals surface area contributed by atoms with E-state index in [-0.39, 0.29) is 0 Å². The van der Waals surface area contributed by atoms with Crippen LogP contribution in [0.4, 0.5) is 0 Å². The van der Waals surface area contributed by atoms with Crippen LogP contribution < -0.4 is 4.74 Å². The molecule has 25 heavy (non-hydrogen) atoms. The lowest BCUT2D eigenvalue weighted by molar-refractivity contribution is 0.414. The van der Waals surface area contributed by atoms with Crippen LogP contribution in [0.15, 0.2) is 53.4 Å². The van der Waals surface area contributed by atoms with Crippen LogP contribution in [0.2, 0.25) is 5.02 Å². The fourth-order valence-corrected chi connectivity index (χ4v) is 5.14. The number of halogens is 1. The summed E-state index contributed by atoms with van der Waals surface area (Å²) in [6.07, 6.45) is 4.53. The number of ether oxygens (including phenoxy) is 1. The van der Waals surface area contributed by atoms with E-state index in [4.69, 9.17) is 16.3 Å². The smallest absolute Gasteiger partial charge is 0.185 e. The van der Waals surface area contributed by atoms with E-state index in [1.807, 2.05) is 24.3 Å². The highest BCUT2D eigenvalue weighted by atomic mass is 35.5. The fraction of sp³-hybridized carbons (Fsp3) is 0.368. The number of sulfone groups is 1. The van der Waals surface area contributed by atoms with E-state index in [1.54, 1.807) is 43.1 Å². The lowest BCUT2D eigenvalue weighted by atomic mass is 10.1. The average Bonchev–Trinajstić information content (AvgIpc) is 2.62. The van der Waals surface area contributed by atoms with Crippen LogP contribution in [0, 0.1) is 0 Å². The second-order valence-corrected chi connectivity index (χ2v) is 9.30. The number of thioether (sulfide) groups is 1. The van der Waals surface area contributed by atoms with Gasteiger partial charge in [-0.2, -0.15) is 11.8 Å². The van der Waals surface area contributed by atoms with Gasteiger partial charge in [-0.3, -0.25) is 0 Å². The molecular weight excluding hydrogens is 376 g/mol. The highest BCUT2D eigenvalue weighted by Gasteiger charge is 2.28. The summed E-state index contributed by atoms with van der Waals surface area (Å²) in [7, 11) is -1.89. The Morgan fingerprint density at radius 3 is 2.24 bits per heavy atom. The zero-order valence-electron chi connectivity index (χ0n) is 14.4. The number of hydrogen-bond acceptors (Lipinski definition) is 4. The Kier molecular flexibility index (Phi) is 7.66. The highest BCUT2D eigenvalue weighted by molar-refractivity contribution is 7.98. The first-order chi connectivity index (χ1) is 12.0. The molecule has 0 aromatic heterocycles. The third-order valence-electron chi connectivity index (χ3n) is 4.07. The first-order valence-electron chi connectivity index (χ1n) is 8.11. The number of benzene rings is 2. The largest absolute Gasteiger partial charge is 0.497 e. The van der Waals surface area contributed by atoms with Crippen molar-refractivity contribution in [3.8, 4) is 5.75 Å². The zero-order chi connectivity index (χ0) is 18.3. The molecule has 0 aliphatic carbocycles. The van der Waals surface area contributed by atoms with Crippen molar-refractivity contribution in [2.24, 2.45) is 0 Å². The van der Waals surface area contributed by atoms with Crippen LogP contribution >= 0.6 is 23.4 Å². The van der Waals surface area contributed by atoms with Crippen molar-refractivity contribution < 1.29 is 13.2 Å². The Hall–Kier alpha value is -1.17. The van der Waals surface area contributed by atoms with E-state index in [2.05, 4.69) is 6.26 Å². The molecule has 0 spiro atoms. The lowest BCUT2D eigenvalue weighted by Crippen LogP contribution is -2.14. The van der Waals surface area contributed by atoms with Crippen LogP contribution in [-0.2, 0) is 9.84 Å². The maximum atomic E-state index is 13.2. The number of rotatable bonds is 9. The van der Waals surface area contributed by atoms with Gasteiger partial charge in [-0.25, -0.2) is 8.42 Å². The van der Waals surface area contributed by atoms with Gasteiger partial charge in [0.2, 0.25) is 0 Å². The monoisotopic (exact) mass is 398 g/mol. The molecule has 0 bridgehead atoms. The van der Waals surface area contributed by atoms with Crippen molar-refractivity contribution in [2.45, 2.75) is 29.4 Å². The first kappa shape index (κ1) is 20.1. The Bertz CT molecular complexity index is 756. The number of methoxy groups -OCH3 is 1. The summed E-state index contributed by atoms with van der Waals surface area (Å²) < 4.78 is 31.5. The number of unbranched alkanes of at least 4 members (excludes halogenated alkanes) is 1. The van der Waals surface area contributed by atoms with Crippen molar-refractivity contribution in [1.29, 1.82) is 0 Å². The van der Waals surface area contributed by atoms with Crippen LogP contribution in [0.5, 0.6) is 5.75 Å². The Morgan fingerprint density at radius 2 is 1.68 bits per heavy atom. The Morgan fingerprint density at radius 1 is 1.04 bits per heavy atom. The normalized spacial score (nSPS) is 12.8. The molecule has 0 saturated heterocycles. The Balaban J connectivity index is 2.33. The minimum atomic E-state index is -3.48. The third kappa shape index (κ3) is 5.40. The fourth-order valence-electron chi connectivity index (χ4n) is 2.68. The molecule has 2 rings (SSSR count). The van der Waals surface area contributed by atoms with Gasteiger partial charge in [0, 0.05) is 5.02 Å². The predicted octanol–water partition coefficient (Wildman–Crippen LogP) is 5.40. The van der Waals surface area contributed by atoms with E-state index in [0.717, 1.165) is 24.2 Å². The summed E-state index contributed by atoms with van der Waals surface area (Å²) in [6, 6.07) is 13.7. The summed E-state index contributed by atoms with van der Waals surface area (Å²) in [5.41, 5.74) is 0.792. The molecule has 0 aliphatic rings. The SMILES string of the molecule is COc1ccc(C(CCCCSC)S(=O)(=O)c2ccc(Cl)cc2)cc1. The van der Waals surface area contributed by atoms with Gasteiger partial charge in [-0.15, -0.1) is 0 Å². The van der Waals surface area contributed by atoms with Gasteiger partial charge in [-0.1, -0.05) is 30.2 Å². The predicted molar refractivity (Wildman–Crippen MR) is 107 cm³/mol. The molecule has 6 heteroatoms. The summed E-state index contributed by atoms with van der Waals surface area (Å²) in [5.74, 6) is 1.75. The van der Waals surface area contributed by atoms with Gasteiger partial charge in [0.1, 0.15) is 5.75 Å². The molecule has 0 radical (unpaired) electrons. The van der Waals surface area contributed by atoms with E-state index < -0.39 is 15.1 Å². The maximum Gasteiger partial charge on any atom is 0.185 e. The van der Waals surface area contributed by atoms with Crippen LogP contribution in [0.3, 0.4) is 0 Å². The molecule has 1 unspecified atom stereocenters. The third-order valence-corrected chi connectivity index (χ3v) is 7.20. The molecule has 0 fully saturated rings. The number of hydrogen-bond donors (Lipinski definition) is 0. The van der Waals surface area contributed by atoms with Crippen molar-refractivity contribution in [1.82, 2.24) is 0 Å². The van der Waals surface area contributed by atoms with E-state index in [9.17, 15) is 8.42 Å². The summed E-state index contributed by atoms with van der Waals surface area (Å²) >= 11 is 7.68. The second-order valence-electron chi connectivity index (χ2n) is 5.75. The molecule has 2 aromatic rings. The van der Waals surface area contributed by atoms with Gasteiger partial charge in [0.15, 0.2) is 9.84 Å². The van der Waals surface area contributed by atoms with E-state index >= 15 is 0 Å². The van der Waals surface area contributed by atoms with Gasteiger partial charge < -0.3 is 4.74 Å². The molecule has 0 saturated carbocycles. The molecular formula is C19H23ClO3S2. The molecule has 2 aromatic carbocycles. The maximum absolute atomic E-state index is 13.2. The summed E-state index contributed by atoms with van der Waals surface area (Å²) in [5, 5.41) is -0.0404. The molecule has 0 N–H and O–H groups in total. The van der Waals surface area contributed by atoms with Crippen molar-refractivity contribution in [3.05, 3.63) is 59.1 Å². The molecule has 1 atom stereocenters. The van der Waals surface area contributed by atoms with Crippen molar-refractivity contribution in [3.63, 3.8) is 0 Å². The van der Waals surface area contributed by atoms with E-state index in [1.165, 1.54) is 0 Å². The average molecular weight is 399 g/mol. The lowest BCUT2D eigenvalue weighted by Gasteiger charge is -2.19. The van der Waals surface area contributed by atoms with Gasteiger partial charge >= 0.3 is 0 Å². The van der Waals surface area contributed by atoms with Crippen LogP contribution in [-0.4, -0.2) is 27.5 Å². The van der Waals surface area contributed by atoms with Gasteiger partial charge in [0.25, 0.3) is 0 Å². The minimum absolute atomic E-state index is 0.308. The minimum Gasteiger partial charge on any atom is -0.497 e. The van der Waals surface area contributed by atoms with Crippen LogP contribution in [0.25, 0.3) is 0 Å². The molecule has 0 aliphatic heterocycles. The zero-order valence-corrected chi connectivity index (χ0v) is 16.8. The quantitative estimate of drug-likeness (QED) is 0.530. The summed E-state index contributed by atoms with van der Waals surface area (Å²) in [4.78, 5) is 0.308. The van der Waals surface area contributed by atoms with Gasteiger partial charge in [0.05, 0.1) is 17.3 Å². The molecule has 136 valence electrons. The van der Waals surface area contributed by atoms with Crippen molar-refractivity contribution in [2.75, 3.05) is 19.1 Å². The topological polar surface area (TPSA) is 43.4 Å². The second kappa shape index (κ2) is 9.51. The molecule has 3 nitrogen and oxygen atoms in total. The van der Waals surface area contributed by atoms with Crippen LogP contribution in [0.1, 0.15) is 30.1 Å². The standard InChI is InChI=1S/C19H23ClO3S2/c1-23-17-10-6-15(7-11-17)19(5-3-4-14-24-2)25(21,22)18-12-8-16(20)9-13-18/h6-13,19H,3-5,14H2,1-2H3. The van der Waals surface area contributed by atoms with E-state index in [0.29, 0.717) is 22.1 Å². The van der Waals surface area contributed by atoms with Crippen molar-refractivity contribution >= 4 is 33.2 Å². The highest BCUT2D eigenvalue weighted by Crippen LogP contribution is 2.34. The molecule has 0 heterocycles.